The zero-order valence-electron chi connectivity index (χ0n) is 6.78. The zero-order chi connectivity index (χ0) is 8.81. The van der Waals surface area contributed by atoms with E-state index in [9.17, 15) is 4.79 Å². The van der Waals surface area contributed by atoms with Gasteiger partial charge in [-0.05, 0) is 13.0 Å². The lowest BCUT2D eigenvalue weighted by Gasteiger charge is -1.94. The lowest BCUT2D eigenvalue weighted by molar-refractivity contribution is 0.980. The van der Waals surface area contributed by atoms with Gasteiger partial charge in [-0.25, -0.2) is 9.78 Å². The van der Waals surface area contributed by atoms with E-state index < -0.39 is 0 Å². The molecule has 0 atom stereocenters. The predicted octanol–water partition coefficient (Wildman–Crippen LogP) is 1.44. The third-order valence-electron chi connectivity index (χ3n) is 1.22. The second-order valence-electron chi connectivity index (χ2n) is 2.12. The SMILES string of the molecule is C/C=C/CSc1ccnc(=O)[nH]1. The van der Waals surface area contributed by atoms with Crippen LogP contribution in [-0.4, -0.2) is 15.7 Å². The first-order valence-electron chi connectivity index (χ1n) is 3.62. The monoisotopic (exact) mass is 182 g/mol. The molecule has 0 amide bonds. The van der Waals surface area contributed by atoms with Crippen molar-refractivity contribution in [3.8, 4) is 0 Å². The Labute approximate surface area is 74.9 Å². The van der Waals surface area contributed by atoms with Crippen LogP contribution in [0.25, 0.3) is 0 Å². The lowest BCUT2D eigenvalue weighted by atomic mass is 10.6. The molecule has 3 nitrogen and oxygen atoms in total. The summed E-state index contributed by atoms with van der Waals surface area (Å²) in [6, 6.07) is 1.79. The zero-order valence-corrected chi connectivity index (χ0v) is 7.60. The van der Waals surface area contributed by atoms with Gasteiger partial charge >= 0.3 is 5.69 Å². The molecule has 1 heterocycles. The van der Waals surface area contributed by atoms with Crippen LogP contribution in [0.1, 0.15) is 6.92 Å². The van der Waals surface area contributed by atoms with Crippen LogP contribution in [0.2, 0.25) is 0 Å². The minimum Gasteiger partial charge on any atom is -0.300 e. The van der Waals surface area contributed by atoms with Crippen molar-refractivity contribution in [2.75, 3.05) is 5.75 Å². The Morgan fingerprint density at radius 3 is 3.25 bits per heavy atom. The van der Waals surface area contributed by atoms with Gasteiger partial charge in [0.1, 0.15) is 0 Å². The molecule has 0 bridgehead atoms. The van der Waals surface area contributed by atoms with Gasteiger partial charge in [0, 0.05) is 11.9 Å². The molecule has 0 saturated heterocycles. The number of rotatable bonds is 3. The van der Waals surface area contributed by atoms with E-state index in [-0.39, 0.29) is 5.69 Å². The maximum absolute atomic E-state index is 10.7. The van der Waals surface area contributed by atoms with Crippen molar-refractivity contribution in [2.45, 2.75) is 11.9 Å². The summed E-state index contributed by atoms with van der Waals surface area (Å²) >= 11 is 1.58. The number of hydrogen-bond acceptors (Lipinski definition) is 3. The van der Waals surface area contributed by atoms with Gasteiger partial charge in [-0.15, -0.1) is 11.8 Å². The van der Waals surface area contributed by atoms with Crippen molar-refractivity contribution in [1.29, 1.82) is 0 Å². The maximum Gasteiger partial charge on any atom is 0.345 e. The van der Waals surface area contributed by atoms with Gasteiger partial charge in [0.05, 0.1) is 5.03 Å². The van der Waals surface area contributed by atoms with Crippen LogP contribution in [0.15, 0.2) is 34.2 Å². The van der Waals surface area contributed by atoms with Gasteiger partial charge in [0.2, 0.25) is 0 Å². The molecule has 1 aromatic heterocycles. The Morgan fingerprint density at radius 2 is 2.58 bits per heavy atom. The van der Waals surface area contributed by atoms with E-state index in [1.807, 2.05) is 19.1 Å². The number of nitrogens with zero attached hydrogens (tertiary/aromatic N) is 1. The summed E-state index contributed by atoms with van der Waals surface area (Å²) in [6.45, 7) is 1.97. The minimum atomic E-state index is -0.291. The molecule has 0 unspecified atom stereocenters. The number of nitrogens with one attached hydrogen (secondary N) is 1. The van der Waals surface area contributed by atoms with Crippen molar-refractivity contribution >= 4 is 11.8 Å². The highest BCUT2D eigenvalue weighted by Gasteiger charge is 1.91. The van der Waals surface area contributed by atoms with E-state index in [1.54, 1.807) is 17.8 Å². The van der Waals surface area contributed by atoms with Gasteiger partial charge in [-0.2, -0.15) is 0 Å². The standard InChI is InChI=1S/C8H10N2OS/c1-2-3-6-12-7-4-5-9-8(11)10-7/h2-5H,6H2,1H3,(H,9,10,11)/b3-2+. The normalized spacial score (nSPS) is 10.8. The second kappa shape index (κ2) is 4.77. The van der Waals surface area contributed by atoms with Gasteiger partial charge in [0.15, 0.2) is 0 Å². The number of aromatic nitrogens is 2. The van der Waals surface area contributed by atoms with E-state index in [1.165, 1.54) is 6.20 Å². The molecule has 4 heteroatoms. The average Bonchev–Trinajstić information content (AvgIpc) is 2.05. The molecular weight excluding hydrogens is 172 g/mol. The second-order valence-corrected chi connectivity index (χ2v) is 3.18. The van der Waals surface area contributed by atoms with Crippen LogP contribution < -0.4 is 5.69 Å². The fourth-order valence-electron chi connectivity index (χ4n) is 0.670. The molecule has 0 fully saturated rings. The van der Waals surface area contributed by atoms with E-state index >= 15 is 0 Å². The molecule has 0 radical (unpaired) electrons. The fourth-order valence-corrected chi connectivity index (χ4v) is 1.46. The number of aromatic amines is 1. The summed E-state index contributed by atoms with van der Waals surface area (Å²) in [5, 5.41) is 0.855. The average molecular weight is 182 g/mol. The quantitative estimate of drug-likeness (QED) is 0.437. The highest BCUT2D eigenvalue weighted by molar-refractivity contribution is 7.99. The summed E-state index contributed by atoms with van der Waals surface area (Å²) in [5.41, 5.74) is -0.291. The number of thioether (sulfide) groups is 1. The van der Waals surface area contributed by atoms with Crippen LogP contribution in [0, 0.1) is 0 Å². The highest BCUT2D eigenvalue weighted by Crippen LogP contribution is 2.11. The molecule has 0 saturated carbocycles. The van der Waals surface area contributed by atoms with Crippen molar-refractivity contribution in [2.24, 2.45) is 0 Å². The van der Waals surface area contributed by atoms with Gasteiger partial charge < -0.3 is 4.98 Å². The summed E-state index contributed by atoms with van der Waals surface area (Å²) in [6.07, 6.45) is 5.52. The van der Waals surface area contributed by atoms with Crippen LogP contribution >= 0.6 is 11.8 Å². The van der Waals surface area contributed by atoms with Gasteiger partial charge in [-0.1, -0.05) is 12.2 Å². The van der Waals surface area contributed by atoms with E-state index in [2.05, 4.69) is 9.97 Å². The fraction of sp³-hybridized carbons (Fsp3) is 0.250. The highest BCUT2D eigenvalue weighted by atomic mass is 32.2. The lowest BCUT2D eigenvalue weighted by Crippen LogP contribution is -2.08. The summed E-state index contributed by atoms with van der Waals surface area (Å²) in [7, 11) is 0. The Morgan fingerprint density at radius 1 is 1.75 bits per heavy atom. The number of hydrogen-bond donors (Lipinski definition) is 1. The summed E-state index contributed by atoms with van der Waals surface area (Å²) < 4.78 is 0. The van der Waals surface area contributed by atoms with Crippen molar-refractivity contribution in [3.05, 3.63) is 34.9 Å². The molecule has 0 spiro atoms. The molecular formula is C8H10N2OS. The number of H-pyrrole nitrogens is 1. The summed E-state index contributed by atoms with van der Waals surface area (Å²) in [5.74, 6) is 0.871. The maximum atomic E-state index is 10.7. The first-order valence-corrected chi connectivity index (χ1v) is 4.61. The number of allylic oxidation sites excluding steroid dienone is 1. The Kier molecular flexibility index (Phi) is 3.60. The molecule has 64 valence electrons. The van der Waals surface area contributed by atoms with Crippen molar-refractivity contribution < 1.29 is 0 Å². The van der Waals surface area contributed by atoms with Crippen LogP contribution in [0.3, 0.4) is 0 Å². The largest absolute Gasteiger partial charge is 0.345 e. The molecule has 1 rings (SSSR count). The first-order chi connectivity index (χ1) is 5.83. The van der Waals surface area contributed by atoms with E-state index in [0.29, 0.717) is 0 Å². The van der Waals surface area contributed by atoms with Crippen LogP contribution in [0.5, 0.6) is 0 Å². The van der Waals surface area contributed by atoms with Crippen LogP contribution in [-0.2, 0) is 0 Å². The predicted molar refractivity (Wildman–Crippen MR) is 50.4 cm³/mol. The molecule has 1 N–H and O–H groups in total. The molecule has 0 aromatic carbocycles. The van der Waals surface area contributed by atoms with Crippen LogP contribution in [0.4, 0.5) is 0 Å². The van der Waals surface area contributed by atoms with Gasteiger partial charge in [0.25, 0.3) is 0 Å². The summed E-state index contributed by atoms with van der Waals surface area (Å²) in [4.78, 5) is 16.9. The Bertz CT molecular complexity index is 319. The molecule has 0 aliphatic rings. The molecule has 12 heavy (non-hydrogen) atoms. The van der Waals surface area contributed by atoms with E-state index in [0.717, 1.165) is 10.8 Å². The Hall–Kier alpha value is -1.03. The van der Waals surface area contributed by atoms with Gasteiger partial charge in [-0.3, -0.25) is 0 Å². The first kappa shape index (κ1) is 9.06. The van der Waals surface area contributed by atoms with E-state index in [4.69, 9.17) is 0 Å². The Balaban J connectivity index is 2.58. The molecule has 0 aliphatic carbocycles. The molecule has 0 aliphatic heterocycles. The third kappa shape index (κ3) is 2.92. The topological polar surface area (TPSA) is 45.8 Å². The molecule has 1 aromatic rings. The minimum absolute atomic E-state index is 0.291. The smallest absolute Gasteiger partial charge is 0.300 e. The third-order valence-corrected chi connectivity index (χ3v) is 2.13. The van der Waals surface area contributed by atoms with Crippen molar-refractivity contribution in [3.63, 3.8) is 0 Å². The van der Waals surface area contributed by atoms with Crippen molar-refractivity contribution in [1.82, 2.24) is 9.97 Å².